The van der Waals surface area contributed by atoms with Crippen molar-refractivity contribution in [3.05, 3.63) is 92.1 Å². The largest absolute Gasteiger partial charge is 0.490 e. The highest BCUT2D eigenvalue weighted by molar-refractivity contribution is 9.10. The number of halogens is 3. The Bertz CT molecular complexity index is 1330. The van der Waals surface area contributed by atoms with Crippen LogP contribution in [0.15, 0.2) is 69.6 Å². The van der Waals surface area contributed by atoms with Crippen LogP contribution >= 0.6 is 39.1 Å². The molecule has 0 unspecified atom stereocenters. The molecule has 4 rings (SSSR count). The fourth-order valence-corrected chi connectivity index (χ4v) is 4.14. The first-order valence-corrected chi connectivity index (χ1v) is 11.7. The molecule has 0 saturated carbocycles. The van der Waals surface area contributed by atoms with E-state index in [9.17, 15) is 9.59 Å². The molecule has 3 aromatic carbocycles. The van der Waals surface area contributed by atoms with Gasteiger partial charge in [0.15, 0.2) is 11.5 Å². The summed E-state index contributed by atoms with van der Waals surface area (Å²) in [5, 5.41) is 3.86. The maximum atomic E-state index is 13.2. The molecule has 0 aliphatic heterocycles. The lowest BCUT2D eigenvalue weighted by Crippen LogP contribution is -2.14. The molecule has 33 heavy (non-hydrogen) atoms. The Morgan fingerprint density at radius 2 is 1.67 bits per heavy atom. The van der Waals surface area contributed by atoms with Crippen molar-refractivity contribution in [2.24, 2.45) is 0 Å². The second-order valence-corrected chi connectivity index (χ2v) is 8.94. The van der Waals surface area contributed by atoms with Gasteiger partial charge in [0.05, 0.1) is 22.3 Å². The number of benzene rings is 3. The number of rotatable bonds is 7. The monoisotopic (exact) mass is 545 g/mol. The average Bonchev–Trinajstić information content (AvgIpc) is 3.17. The lowest BCUT2D eigenvalue weighted by molar-refractivity contribution is 0.101. The lowest BCUT2D eigenvalue weighted by atomic mass is 10.1. The molecule has 0 aliphatic carbocycles. The maximum Gasteiger partial charge on any atom is 0.255 e. The minimum absolute atomic E-state index is 0.0342. The first-order valence-electron chi connectivity index (χ1n) is 10.1. The summed E-state index contributed by atoms with van der Waals surface area (Å²) < 4.78 is 12.3. The molecule has 0 saturated heterocycles. The highest BCUT2D eigenvalue weighted by atomic mass is 79.9. The van der Waals surface area contributed by atoms with Gasteiger partial charge in [-0.1, -0.05) is 58.2 Å². The zero-order valence-electron chi connectivity index (χ0n) is 17.5. The van der Waals surface area contributed by atoms with E-state index in [0.29, 0.717) is 28.9 Å². The number of amides is 1. The Labute approximate surface area is 208 Å². The number of hydrogen-bond acceptors (Lipinski definition) is 4. The molecule has 0 bridgehead atoms. The van der Waals surface area contributed by atoms with Crippen molar-refractivity contribution < 1.29 is 18.7 Å². The van der Waals surface area contributed by atoms with Crippen LogP contribution in [0.1, 0.15) is 39.8 Å². The molecule has 0 radical (unpaired) electrons. The average molecular weight is 547 g/mol. The van der Waals surface area contributed by atoms with E-state index in [0.717, 1.165) is 10.9 Å². The van der Waals surface area contributed by atoms with Crippen LogP contribution in [0.25, 0.3) is 11.0 Å². The topological polar surface area (TPSA) is 68.5 Å². The number of hydrogen-bond donors (Lipinski definition) is 1. The summed E-state index contributed by atoms with van der Waals surface area (Å²) in [7, 11) is 0. The summed E-state index contributed by atoms with van der Waals surface area (Å²) in [6.07, 6.45) is 0.789. The summed E-state index contributed by atoms with van der Waals surface area (Å²) in [4.78, 5) is 26.3. The third-order valence-electron chi connectivity index (χ3n) is 4.86. The first kappa shape index (κ1) is 23.4. The van der Waals surface area contributed by atoms with E-state index in [4.69, 9.17) is 32.4 Å². The van der Waals surface area contributed by atoms with Gasteiger partial charge in [-0.05, 0) is 55.0 Å². The maximum absolute atomic E-state index is 13.2. The Morgan fingerprint density at radius 1 is 1.00 bits per heavy atom. The van der Waals surface area contributed by atoms with Crippen molar-refractivity contribution in [2.75, 3.05) is 11.9 Å². The van der Waals surface area contributed by atoms with E-state index in [1.165, 1.54) is 12.1 Å². The van der Waals surface area contributed by atoms with Gasteiger partial charge in [0.1, 0.15) is 5.58 Å². The number of para-hydroxylation sites is 1. The molecule has 1 aromatic heterocycles. The number of anilines is 1. The summed E-state index contributed by atoms with van der Waals surface area (Å²) >= 11 is 16.0. The minimum Gasteiger partial charge on any atom is -0.490 e. The second kappa shape index (κ2) is 10.00. The SMILES string of the molecule is CCCOc1c(Cl)cc(C(=O)Nc2c(C(=O)c3ccc(Br)cc3)oc3ccccc23)cc1Cl. The highest BCUT2D eigenvalue weighted by Gasteiger charge is 2.24. The number of carbonyl (C=O) groups is 2. The highest BCUT2D eigenvalue weighted by Crippen LogP contribution is 2.36. The Balaban J connectivity index is 1.71. The van der Waals surface area contributed by atoms with Gasteiger partial charge in [-0.3, -0.25) is 9.59 Å². The Kier molecular flexibility index (Phi) is 7.08. The van der Waals surface area contributed by atoms with Gasteiger partial charge in [-0.25, -0.2) is 0 Å². The molecule has 1 amide bonds. The molecule has 168 valence electrons. The van der Waals surface area contributed by atoms with E-state index < -0.39 is 5.91 Å². The van der Waals surface area contributed by atoms with E-state index in [1.54, 1.807) is 48.5 Å². The molecular formula is C25H18BrCl2NO4. The van der Waals surface area contributed by atoms with Crippen molar-refractivity contribution in [3.63, 3.8) is 0 Å². The van der Waals surface area contributed by atoms with Crippen LogP contribution in [0, 0.1) is 0 Å². The van der Waals surface area contributed by atoms with E-state index in [1.807, 2.05) is 6.92 Å². The summed E-state index contributed by atoms with van der Waals surface area (Å²) in [6.45, 7) is 2.42. The van der Waals surface area contributed by atoms with Crippen LogP contribution in [-0.2, 0) is 0 Å². The van der Waals surface area contributed by atoms with Gasteiger partial charge in [0.25, 0.3) is 5.91 Å². The molecule has 0 aliphatic rings. The number of nitrogens with one attached hydrogen (secondary N) is 1. The van der Waals surface area contributed by atoms with Crippen LogP contribution in [0.2, 0.25) is 10.0 Å². The predicted octanol–water partition coefficient (Wildman–Crippen LogP) is 7.77. The van der Waals surface area contributed by atoms with Crippen molar-refractivity contribution in [1.82, 2.24) is 0 Å². The van der Waals surface area contributed by atoms with Gasteiger partial charge in [0.2, 0.25) is 5.78 Å². The molecule has 4 aromatic rings. The number of ketones is 1. The Hall–Kier alpha value is -2.80. The lowest BCUT2D eigenvalue weighted by Gasteiger charge is -2.11. The second-order valence-electron chi connectivity index (χ2n) is 7.21. The van der Waals surface area contributed by atoms with Gasteiger partial charge in [-0.2, -0.15) is 0 Å². The van der Waals surface area contributed by atoms with E-state index in [2.05, 4.69) is 21.2 Å². The van der Waals surface area contributed by atoms with Crippen LogP contribution in [-0.4, -0.2) is 18.3 Å². The fraction of sp³-hybridized carbons (Fsp3) is 0.120. The third-order valence-corrected chi connectivity index (χ3v) is 5.95. The van der Waals surface area contributed by atoms with Crippen molar-refractivity contribution in [1.29, 1.82) is 0 Å². The van der Waals surface area contributed by atoms with Crippen LogP contribution in [0.4, 0.5) is 5.69 Å². The van der Waals surface area contributed by atoms with Crippen molar-refractivity contribution in [2.45, 2.75) is 13.3 Å². The standard InChI is InChI=1S/C25H18BrCl2NO4/c1-2-11-32-23-18(27)12-15(13-19(23)28)25(31)29-21-17-5-3-4-6-20(17)33-24(21)22(30)14-7-9-16(26)10-8-14/h3-10,12-13H,2,11H2,1H3,(H,29,31). The molecule has 0 spiro atoms. The van der Waals surface area contributed by atoms with Gasteiger partial charge in [0, 0.05) is 21.0 Å². The third kappa shape index (κ3) is 4.93. The van der Waals surface area contributed by atoms with Crippen molar-refractivity contribution in [3.8, 4) is 5.75 Å². The molecular weight excluding hydrogens is 529 g/mol. The number of fused-ring (bicyclic) bond motifs is 1. The molecule has 5 nitrogen and oxygen atoms in total. The fourth-order valence-electron chi connectivity index (χ4n) is 3.28. The minimum atomic E-state index is -0.489. The smallest absolute Gasteiger partial charge is 0.255 e. The number of ether oxygens (including phenoxy) is 1. The predicted molar refractivity (Wildman–Crippen MR) is 134 cm³/mol. The molecule has 8 heteroatoms. The first-order chi connectivity index (χ1) is 15.9. The van der Waals surface area contributed by atoms with Crippen LogP contribution < -0.4 is 10.1 Å². The Morgan fingerprint density at radius 3 is 2.33 bits per heavy atom. The van der Waals surface area contributed by atoms with Crippen LogP contribution in [0.3, 0.4) is 0 Å². The summed E-state index contributed by atoms with van der Waals surface area (Å²) in [5.74, 6) is -0.478. The van der Waals surface area contributed by atoms with Crippen molar-refractivity contribution >= 4 is 67.5 Å². The summed E-state index contributed by atoms with van der Waals surface area (Å²) in [5.41, 5.74) is 1.41. The molecule has 1 N–H and O–H groups in total. The molecule has 1 heterocycles. The zero-order chi connectivity index (χ0) is 23.5. The van der Waals surface area contributed by atoms with E-state index in [-0.39, 0.29) is 32.8 Å². The van der Waals surface area contributed by atoms with Crippen LogP contribution in [0.5, 0.6) is 5.75 Å². The zero-order valence-corrected chi connectivity index (χ0v) is 20.6. The molecule has 0 atom stereocenters. The van der Waals surface area contributed by atoms with E-state index >= 15 is 0 Å². The number of carbonyl (C=O) groups excluding carboxylic acids is 2. The normalized spacial score (nSPS) is 10.9. The van der Waals surface area contributed by atoms with Gasteiger partial charge in [-0.15, -0.1) is 0 Å². The quantitative estimate of drug-likeness (QED) is 0.240. The molecule has 0 fully saturated rings. The number of furan rings is 1. The van der Waals surface area contributed by atoms with Gasteiger partial charge >= 0.3 is 0 Å². The summed E-state index contributed by atoms with van der Waals surface area (Å²) in [6, 6.07) is 16.9. The van der Waals surface area contributed by atoms with Gasteiger partial charge < -0.3 is 14.5 Å².